The quantitative estimate of drug-likeness (QED) is 0.785. The Morgan fingerprint density at radius 1 is 1.26 bits per heavy atom. The van der Waals surface area contributed by atoms with Crippen LogP contribution in [0.15, 0.2) is 41.9 Å². The predicted molar refractivity (Wildman–Crippen MR) is 80.8 cm³/mol. The van der Waals surface area contributed by atoms with Crippen molar-refractivity contribution in [2.24, 2.45) is 0 Å². The number of fused-ring (bicyclic) bond motifs is 1. The number of pyridine rings is 1. The van der Waals surface area contributed by atoms with E-state index in [-0.39, 0.29) is 0 Å². The standard InChI is InChI=1S/C15H15N3S/c1-11-10-12-4-2-3-5-13(12)18-15(11)17-7-6-14-16-8-9-19-14/h2-5,8-10H,6-7H2,1H3,(H,17,18). The minimum atomic E-state index is 0.861. The average molecular weight is 269 g/mol. The molecule has 0 atom stereocenters. The smallest absolute Gasteiger partial charge is 0.129 e. The lowest BCUT2D eigenvalue weighted by Crippen LogP contribution is -2.07. The summed E-state index contributed by atoms with van der Waals surface area (Å²) in [5.74, 6) is 0.968. The van der Waals surface area contributed by atoms with Gasteiger partial charge in [-0.2, -0.15) is 0 Å². The zero-order valence-corrected chi connectivity index (χ0v) is 11.6. The highest BCUT2D eigenvalue weighted by atomic mass is 32.1. The second-order valence-electron chi connectivity index (χ2n) is 4.45. The molecule has 0 saturated heterocycles. The molecule has 0 fully saturated rings. The van der Waals surface area contributed by atoms with Crippen LogP contribution >= 0.6 is 11.3 Å². The third kappa shape index (κ3) is 2.74. The molecule has 3 nitrogen and oxygen atoms in total. The molecule has 96 valence electrons. The molecule has 0 aliphatic rings. The van der Waals surface area contributed by atoms with E-state index in [9.17, 15) is 0 Å². The van der Waals surface area contributed by atoms with Crippen LogP contribution in [0, 0.1) is 6.92 Å². The van der Waals surface area contributed by atoms with E-state index in [1.165, 1.54) is 10.9 Å². The molecule has 3 aromatic rings. The maximum atomic E-state index is 4.67. The van der Waals surface area contributed by atoms with E-state index in [1.807, 2.05) is 29.8 Å². The van der Waals surface area contributed by atoms with Gasteiger partial charge in [-0.15, -0.1) is 11.3 Å². The molecule has 4 heteroatoms. The summed E-state index contributed by atoms with van der Waals surface area (Å²) in [6.07, 6.45) is 2.78. The average Bonchev–Trinajstić information content (AvgIpc) is 2.92. The van der Waals surface area contributed by atoms with E-state index < -0.39 is 0 Å². The van der Waals surface area contributed by atoms with Crippen LogP contribution in [0.5, 0.6) is 0 Å². The van der Waals surface area contributed by atoms with Gasteiger partial charge >= 0.3 is 0 Å². The summed E-state index contributed by atoms with van der Waals surface area (Å²) >= 11 is 1.69. The Balaban J connectivity index is 1.75. The minimum absolute atomic E-state index is 0.861. The molecule has 0 bridgehead atoms. The zero-order valence-electron chi connectivity index (χ0n) is 10.8. The van der Waals surface area contributed by atoms with Gasteiger partial charge in [-0.25, -0.2) is 9.97 Å². The van der Waals surface area contributed by atoms with E-state index in [2.05, 4.69) is 34.3 Å². The Morgan fingerprint density at radius 2 is 2.16 bits per heavy atom. The van der Waals surface area contributed by atoms with Gasteiger partial charge in [0.15, 0.2) is 0 Å². The van der Waals surface area contributed by atoms with Crippen LogP contribution in [0.3, 0.4) is 0 Å². The van der Waals surface area contributed by atoms with Crippen molar-refractivity contribution in [2.45, 2.75) is 13.3 Å². The number of nitrogens with one attached hydrogen (secondary N) is 1. The Morgan fingerprint density at radius 3 is 3.00 bits per heavy atom. The third-order valence-corrected chi connectivity index (χ3v) is 3.87. The molecule has 2 heterocycles. The van der Waals surface area contributed by atoms with Crippen molar-refractivity contribution < 1.29 is 0 Å². The van der Waals surface area contributed by atoms with Crippen molar-refractivity contribution in [3.05, 3.63) is 52.5 Å². The molecule has 0 amide bonds. The van der Waals surface area contributed by atoms with Crippen LogP contribution in [0.25, 0.3) is 10.9 Å². The first-order valence-corrected chi connectivity index (χ1v) is 7.19. The Bertz CT molecular complexity index is 677. The number of hydrogen-bond acceptors (Lipinski definition) is 4. The highest BCUT2D eigenvalue weighted by Gasteiger charge is 2.03. The lowest BCUT2D eigenvalue weighted by molar-refractivity contribution is 0.987. The van der Waals surface area contributed by atoms with Crippen LogP contribution in [-0.4, -0.2) is 16.5 Å². The zero-order chi connectivity index (χ0) is 13.1. The van der Waals surface area contributed by atoms with Gasteiger partial charge < -0.3 is 5.32 Å². The normalized spacial score (nSPS) is 10.8. The monoisotopic (exact) mass is 269 g/mol. The molecule has 19 heavy (non-hydrogen) atoms. The van der Waals surface area contributed by atoms with E-state index in [1.54, 1.807) is 11.3 Å². The van der Waals surface area contributed by atoms with Gasteiger partial charge in [0.25, 0.3) is 0 Å². The number of anilines is 1. The summed E-state index contributed by atoms with van der Waals surface area (Å²) in [7, 11) is 0. The van der Waals surface area contributed by atoms with Crippen molar-refractivity contribution in [2.75, 3.05) is 11.9 Å². The van der Waals surface area contributed by atoms with E-state index >= 15 is 0 Å². The Labute approximate surface area is 116 Å². The lowest BCUT2D eigenvalue weighted by Gasteiger charge is -2.09. The van der Waals surface area contributed by atoms with Crippen LogP contribution in [0.1, 0.15) is 10.6 Å². The van der Waals surface area contributed by atoms with Gasteiger partial charge in [0.1, 0.15) is 5.82 Å². The molecule has 2 aromatic heterocycles. The predicted octanol–water partition coefficient (Wildman–Crippen LogP) is 3.65. The number of aryl methyl sites for hydroxylation is 1. The van der Waals surface area contributed by atoms with Crippen LogP contribution in [0.4, 0.5) is 5.82 Å². The number of rotatable bonds is 4. The summed E-state index contributed by atoms with van der Waals surface area (Å²) in [4.78, 5) is 8.94. The fourth-order valence-corrected chi connectivity index (χ4v) is 2.69. The van der Waals surface area contributed by atoms with Crippen molar-refractivity contribution in [3.8, 4) is 0 Å². The first kappa shape index (κ1) is 12.1. The van der Waals surface area contributed by atoms with E-state index in [0.717, 1.165) is 29.3 Å². The van der Waals surface area contributed by atoms with Crippen LogP contribution in [-0.2, 0) is 6.42 Å². The molecule has 0 aliphatic heterocycles. The van der Waals surface area contributed by atoms with Gasteiger partial charge in [0, 0.05) is 29.9 Å². The summed E-state index contributed by atoms with van der Waals surface area (Å²) in [5.41, 5.74) is 2.21. The largest absolute Gasteiger partial charge is 0.369 e. The number of para-hydroxylation sites is 1. The summed E-state index contributed by atoms with van der Waals surface area (Å²) in [6, 6.07) is 10.4. The minimum Gasteiger partial charge on any atom is -0.369 e. The highest BCUT2D eigenvalue weighted by molar-refractivity contribution is 7.09. The fourth-order valence-electron chi connectivity index (χ4n) is 2.06. The number of aromatic nitrogens is 2. The van der Waals surface area contributed by atoms with Gasteiger partial charge in [0.2, 0.25) is 0 Å². The van der Waals surface area contributed by atoms with Crippen LogP contribution < -0.4 is 5.32 Å². The molecule has 3 rings (SSSR count). The summed E-state index contributed by atoms with van der Waals surface area (Å²) < 4.78 is 0. The maximum Gasteiger partial charge on any atom is 0.129 e. The van der Waals surface area contributed by atoms with Crippen LogP contribution in [0.2, 0.25) is 0 Å². The number of hydrogen-bond donors (Lipinski definition) is 1. The van der Waals surface area contributed by atoms with Crippen molar-refractivity contribution in [1.82, 2.24) is 9.97 Å². The molecule has 1 aromatic carbocycles. The molecule has 0 unspecified atom stereocenters. The van der Waals surface area contributed by atoms with Crippen molar-refractivity contribution in [1.29, 1.82) is 0 Å². The maximum absolute atomic E-state index is 4.67. The Kier molecular flexibility index (Phi) is 3.42. The second kappa shape index (κ2) is 5.36. The number of benzene rings is 1. The summed E-state index contributed by atoms with van der Waals surface area (Å²) in [6.45, 7) is 2.95. The first-order chi connectivity index (χ1) is 9.33. The fraction of sp³-hybridized carbons (Fsp3) is 0.200. The second-order valence-corrected chi connectivity index (χ2v) is 5.43. The molecule has 0 spiro atoms. The molecule has 1 N–H and O–H groups in total. The topological polar surface area (TPSA) is 37.8 Å². The van der Waals surface area contributed by atoms with Crippen molar-refractivity contribution >= 4 is 28.1 Å². The molecule has 0 saturated carbocycles. The van der Waals surface area contributed by atoms with Gasteiger partial charge in [0.05, 0.1) is 10.5 Å². The Hall–Kier alpha value is -1.94. The first-order valence-electron chi connectivity index (χ1n) is 6.31. The highest BCUT2D eigenvalue weighted by Crippen LogP contribution is 2.19. The van der Waals surface area contributed by atoms with Gasteiger partial charge in [-0.05, 0) is 24.6 Å². The SMILES string of the molecule is Cc1cc2ccccc2nc1NCCc1nccs1. The molecule has 0 radical (unpaired) electrons. The number of nitrogens with zero attached hydrogens (tertiary/aromatic N) is 2. The molecular formula is C15H15N3S. The van der Waals surface area contributed by atoms with E-state index in [0.29, 0.717) is 0 Å². The molecule has 0 aliphatic carbocycles. The van der Waals surface area contributed by atoms with E-state index in [4.69, 9.17) is 0 Å². The van der Waals surface area contributed by atoms with Gasteiger partial charge in [-0.3, -0.25) is 0 Å². The lowest BCUT2D eigenvalue weighted by atomic mass is 10.1. The summed E-state index contributed by atoms with van der Waals surface area (Å²) in [5, 5.41) is 7.75. The van der Waals surface area contributed by atoms with Gasteiger partial charge in [-0.1, -0.05) is 18.2 Å². The third-order valence-electron chi connectivity index (χ3n) is 3.03. The molecular weight excluding hydrogens is 254 g/mol. The number of thiazole rings is 1. The van der Waals surface area contributed by atoms with Crippen molar-refractivity contribution in [3.63, 3.8) is 0 Å².